The van der Waals surface area contributed by atoms with E-state index in [1.54, 1.807) is 24.3 Å². The second-order valence-electron chi connectivity index (χ2n) is 7.43. The summed E-state index contributed by atoms with van der Waals surface area (Å²) in [5.41, 5.74) is 1.27. The van der Waals surface area contributed by atoms with Crippen LogP contribution >= 0.6 is 0 Å². The van der Waals surface area contributed by atoms with Gasteiger partial charge in [-0.2, -0.15) is 0 Å². The Labute approximate surface area is 149 Å². The first-order chi connectivity index (χ1) is 12.3. The molecule has 0 spiro atoms. The third kappa shape index (κ3) is 2.60. The summed E-state index contributed by atoms with van der Waals surface area (Å²) in [7, 11) is 0. The number of nitrogens with one attached hydrogen (secondary N) is 1. The zero-order valence-corrected chi connectivity index (χ0v) is 14.4. The molecule has 26 heavy (non-hydrogen) atoms. The smallest absolute Gasteiger partial charge is 0.307 e. The lowest BCUT2D eigenvalue weighted by Crippen LogP contribution is -2.19. The molecular formula is C19H18FN3O3. The van der Waals surface area contributed by atoms with E-state index >= 15 is 0 Å². The highest BCUT2D eigenvalue weighted by Gasteiger charge is 2.50. The van der Waals surface area contributed by atoms with E-state index in [1.807, 2.05) is 13.8 Å². The molecule has 1 fully saturated rings. The first-order valence-electron chi connectivity index (χ1n) is 8.39. The fraction of sp³-hybridized carbons (Fsp3) is 0.316. The molecule has 1 saturated carbocycles. The second-order valence-corrected chi connectivity index (χ2v) is 7.43. The molecule has 1 amide bonds. The molecule has 2 aliphatic rings. The van der Waals surface area contributed by atoms with E-state index in [1.165, 1.54) is 10.6 Å². The van der Waals surface area contributed by atoms with Gasteiger partial charge in [-0.3, -0.25) is 19.5 Å². The number of benzene rings is 1. The maximum absolute atomic E-state index is 15.0. The van der Waals surface area contributed by atoms with E-state index in [9.17, 15) is 14.0 Å². The Balaban J connectivity index is 1.79. The van der Waals surface area contributed by atoms with Crippen LogP contribution in [-0.2, 0) is 16.0 Å². The lowest BCUT2D eigenvalue weighted by Gasteiger charge is -2.15. The molecular weight excluding hydrogens is 337 g/mol. The molecule has 134 valence electrons. The maximum atomic E-state index is 15.0. The normalized spacial score (nSPS) is 19.8. The summed E-state index contributed by atoms with van der Waals surface area (Å²) in [5, 5.41) is 11.8. The summed E-state index contributed by atoms with van der Waals surface area (Å²) < 4.78 is 16.5. The highest BCUT2D eigenvalue weighted by molar-refractivity contribution is 5.97. The summed E-state index contributed by atoms with van der Waals surface area (Å²) in [6, 6.07) is 3.00. The zero-order valence-electron chi connectivity index (χ0n) is 14.4. The number of aliphatic carboxylic acids is 1. The van der Waals surface area contributed by atoms with Crippen LogP contribution < -0.4 is 5.32 Å². The number of anilines is 1. The van der Waals surface area contributed by atoms with Gasteiger partial charge in [0, 0.05) is 17.2 Å². The number of nitrogens with zero attached hydrogens (tertiary/aromatic N) is 2. The van der Waals surface area contributed by atoms with Crippen molar-refractivity contribution in [3.05, 3.63) is 41.7 Å². The van der Waals surface area contributed by atoms with Crippen LogP contribution in [0, 0.1) is 17.2 Å². The Morgan fingerprint density at radius 3 is 2.65 bits per heavy atom. The highest BCUT2D eigenvalue weighted by Crippen LogP contribution is 2.52. The SMILES string of the molecule is CC1(C)CC1C(=O)Nc1nc2ccc(CC(=O)O)c(F)c2n1C1=CC=C1. The van der Waals surface area contributed by atoms with E-state index in [4.69, 9.17) is 5.11 Å². The molecule has 6 nitrogen and oxygen atoms in total. The number of carboxylic acid groups (broad SMARTS) is 1. The van der Waals surface area contributed by atoms with Crippen molar-refractivity contribution < 1.29 is 19.1 Å². The number of rotatable bonds is 5. The summed E-state index contributed by atoms with van der Waals surface area (Å²) in [5.74, 6) is -1.72. The van der Waals surface area contributed by atoms with Gasteiger partial charge in [0.25, 0.3) is 0 Å². The van der Waals surface area contributed by atoms with Crippen LogP contribution in [0.1, 0.15) is 25.8 Å². The molecule has 1 atom stereocenters. The number of fused-ring (bicyclic) bond motifs is 1. The van der Waals surface area contributed by atoms with Gasteiger partial charge in [-0.15, -0.1) is 0 Å². The van der Waals surface area contributed by atoms with Crippen LogP contribution in [0.5, 0.6) is 0 Å². The Kier molecular flexibility index (Phi) is 3.50. The summed E-state index contributed by atoms with van der Waals surface area (Å²) in [4.78, 5) is 27.8. The van der Waals surface area contributed by atoms with Crippen LogP contribution in [-0.4, -0.2) is 26.5 Å². The molecule has 2 N–H and O–H groups in total. The van der Waals surface area contributed by atoms with Gasteiger partial charge in [-0.05, 0) is 30.1 Å². The quantitative estimate of drug-likeness (QED) is 0.863. The number of aromatic nitrogens is 2. The van der Waals surface area contributed by atoms with Gasteiger partial charge in [0.15, 0.2) is 5.82 Å². The van der Waals surface area contributed by atoms with Crippen molar-refractivity contribution in [2.24, 2.45) is 11.3 Å². The summed E-state index contributed by atoms with van der Waals surface area (Å²) in [6.45, 7) is 4.05. The van der Waals surface area contributed by atoms with E-state index in [0.717, 1.165) is 6.42 Å². The molecule has 0 bridgehead atoms. The zero-order chi connectivity index (χ0) is 18.6. The molecule has 4 rings (SSSR count). The number of amides is 1. The number of imidazole rings is 1. The average Bonchev–Trinajstić information content (AvgIpc) is 3.00. The van der Waals surface area contributed by atoms with Gasteiger partial charge in [0.2, 0.25) is 11.9 Å². The number of carbonyl (C=O) groups is 2. The maximum Gasteiger partial charge on any atom is 0.307 e. The van der Waals surface area contributed by atoms with Gasteiger partial charge in [0.05, 0.1) is 11.9 Å². The van der Waals surface area contributed by atoms with Crippen molar-refractivity contribution >= 4 is 34.6 Å². The van der Waals surface area contributed by atoms with Crippen LogP contribution in [0.15, 0.2) is 30.4 Å². The number of hydrogen-bond acceptors (Lipinski definition) is 3. The predicted octanol–water partition coefficient (Wildman–Crippen LogP) is 3.20. The molecule has 2 aliphatic carbocycles. The molecule has 1 aromatic heterocycles. The van der Waals surface area contributed by atoms with Crippen LogP contribution in [0.4, 0.5) is 10.3 Å². The van der Waals surface area contributed by atoms with E-state index in [-0.39, 0.29) is 34.3 Å². The Morgan fingerprint density at radius 1 is 1.42 bits per heavy atom. The number of carboxylic acids is 1. The minimum atomic E-state index is -1.11. The van der Waals surface area contributed by atoms with Crippen molar-refractivity contribution in [3.8, 4) is 0 Å². The predicted molar refractivity (Wildman–Crippen MR) is 95.0 cm³/mol. The van der Waals surface area contributed by atoms with Gasteiger partial charge in [-0.1, -0.05) is 26.0 Å². The van der Waals surface area contributed by atoms with Crippen LogP contribution in [0.3, 0.4) is 0 Å². The van der Waals surface area contributed by atoms with Crippen molar-refractivity contribution in [1.82, 2.24) is 9.55 Å². The number of allylic oxidation sites excluding steroid dienone is 4. The van der Waals surface area contributed by atoms with Crippen molar-refractivity contribution in [1.29, 1.82) is 0 Å². The van der Waals surface area contributed by atoms with Gasteiger partial charge in [0.1, 0.15) is 5.52 Å². The first kappa shape index (κ1) is 16.5. The van der Waals surface area contributed by atoms with Crippen LogP contribution in [0.2, 0.25) is 0 Å². The standard InChI is InChI=1S/C19H18FN3O3/c1-19(2)9-12(19)17(26)22-18-21-13-7-6-10(8-14(24)25)15(20)16(13)23(18)11-4-3-5-11/h3-7,12H,8-9H2,1-2H3,(H,24,25)(H,21,22,26). The van der Waals surface area contributed by atoms with Gasteiger partial charge in [-0.25, -0.2) is 9.37 Å². The second kappa shape index (κ2) is 5.52. The fourth-order valence-corrected chi connectivity index (χ4v) is 3.25. The molecule has 1 heterocycles. The Bertz CT molecular complexity index is 1020. The molecule has 1 aromatic carbocycles. The first-order valence-corrected chi connectivity index (χ1v) is 8.39. The highest BCUT2D eigenvalue weighted by atomic mass is 19.1. The van der Waals surface area contributed by atoms with E-state index in [2.05, 4.69) is 10.3 Å². The number of hydrogen-bond donors (Lipinski definition) is 2. The largest absolute Gasteiger partial charge is 0.481 e. The van der Waals surface area contributed by atoms with Gasteiger partial charge < -0.3 is 5.11 Å². The van der Waals surface area contributed by atoms with Crippen molar-refractivity contribution in [2.45, 2.75) is 26.7 Å². The topological polar surface area (TPSA) is 84.2 Å². The van der Waals surface area contributed by atoms with Crippen molar-refractivity contribution in [2.75, 3.05) is 5.32 Å². The van der Waals surface area contributed by atoms with E-state index < -0.39 is 18.2 Å². The Hall–Kier alpha value is -2.96. The summed E-state index contributed by atoms with van der Waals surface area (Å²) >= 11 is 0. The third-order valence-corrected chi connectivity index (χ3v) is 5.04. The monoisotopic (exact) mass is 355 g/mol. The average molecular weight is 355 g/mol. The Morgan fingerprint density at radius 2 is 2.12 bits per heavy atom. The molecule has 0 aliphatic heterocycles. The molecule has 0 saturated heterocycles. The minimum Gasteiger partial charge on any atom is -0.481 e. The lowest BCUT2D eigenvalue weighted by molar-refractivity contribution is -0.136. The fourth-order valence-electron chi connectivity index (χ4n) is 3.25. The number of carbonyl (C=O) groups excluding carboxylic acids is 1. The lowest BCUT2D eigenvalue weighted by atomic mass is 10.1. The number of halogens is 1. The molecule has 2 aromatic rings. The molecule has 1 unspecified atom stereocenters. The van der Waals surface area contributed by atoms with Crippen molar-refractivity contribution in [3.63, 3.8) is 0 Å². The summed E-state index contributed by atoms with van der Waals surface area (Å²) in [6.07, 6.45) is 5.75. The minimum absolute atomic E-state index is 0.0313. The van der Waals surface area contributed by atoms with Crippen LogP contribution in [0.25, 0.3) is 16.7 Å². The van der Waals surface area contributed by atoms with E-state index in [0.29, 0.717) is 11.2 Å². The molecule has 0 radical (unpaired) electrons. The molecule has 7 heteroatoms. The van der Waals surface area contributed by atoms with Gasteiger partial charge >= 0.3 is 5.97 Å². The third-order valence-electron chi connectivity index (χ3n) is 5.04.